The van der Waals surface area contributed by atoms with Crippen LogP contribution in [0.3, 0.4) is 0 Å². The number of likely N-dealkylation sites (tertiary alicyclic amines) is 1. The van der Waals surface area contributed by atoms with Gasteiger partial charge in [-0.05, 0) is 37.5 Å². The van der Waals surface area contributed by atoms with Crippen molar-refractivity contribution in [2.45, 2.75) is 84.0 Å². The van der Waals surface area contributed by atoms with Crippen LogP contribution >= 0.6 is 0 Å². The maximum atomic E-state index is 13.2. The first kappa shape index (κ1) is 29.1. The zero-order valence-corrected chi connectivity index (χ0v) is 20.6. The van der Waals surface area contributed by atoms with Gasteiger partial charge in [-0.3, -0.25) is 19.4 Å². The number of hydrogen-bond donors (Lipinski definition) is 6. The van der Waals surface area contributed by atoms with Gasteiger partial charge in [-0.15, -0.1) is 0 Å². The number of hydrogen-bond acceptors (Lipinski definition) is 6. The SMILES string of the molecule is CCC(C)C(N)C(=O)NC(C(=O)NC(CCCN=C(N)N)C(=O)N1CCCC1C(=O)O)C(C)C. The van der Waals surface area contributed by atoms with Crippen LogP contribution in [0, 0.1) is 11.8 Å². The van der Waals surface area contributed by atoms with Crippen LogP contribution in [0.5, 0.6) is 0 Å². The fourth-order valence-electron chi connectivity index (χ4n) is 3.81. The van der Waals surface area contributed by atoms with Crippen molar-refractivity contribution in [2.75, 3.05) is 13.1 Å². The summed E-state index contributed by atoms with van der Waals surface area (Å²) in [6, 6.07) is -3.59. The van der Waals surface area contributed by atoms with E-state index < -0.39 is 47.9 Å². The molecule has 1 fully saturated rings. The first-order valence-electron chi connectivity index (χ1n) is 11.9. The van der Waals surface area contributed by atoms with Gasteiger partial charge in [0.15, 0.2) is 5.96 Å². The van der Waals surface area contributed by atoms with Gasteiger partial charge in [0.05, 0.1) is 6.04 Å². The third-order valence-corrected chi connectivity index (χ3v) is 6.19. The minimum atomic E-state index is -1.08. The van der Waals surface area contributed by atoms with E-state index in [-0.39, 0.29) is 30.8 Å². The average molecular weight is 484 g/mol. The Labute approximate surface area is 201 Å². The predicted octanol–water partition coefficient (Wildman–Crippen LogP) is -0.885. The topological polar surface area (TPSA) is 206 Å². The van der Waals surface area contributed by atoms with Gasteiger partial charge in [0, 0.05) is 13.1 Å². The van der Waals surface area contributed by atoms with Crippen LogP contribution in [0.4, 0.5) is 0 Å². The number of nitrogens with zero attached hydrogens (tertiary/aromatic N) is 2. The molecule has 5 atom stereocenters. The van der Waals surface area contributed by atoms with Crippen molar-refractivity contribution >= 4 is 29.7 Å². The standard InChI is InChI=1S/C22H41N7O5/c1-5-13(4)16(23)18(30)28-17(12(2)3)19(31)27-14(8-6-10-26-22(24)25)20(32)29-11-7-9-15(29)21(33)34/h12-17H,5-11,23H2,1-4H3,(H,27,31)(H,28,30)(H,33,34)(H4,24,25,26). The molecule has 0 radical (unpaired) electrons. The quantitative estimate of drug-likeness (QED) is 0.110. The number of rotatable bonds is 13. The fourth-order valence-corrected chi connectivity index (χ4v) is 3.81. The monoisotopic (exact) mass is 483 g/mol. The van der Waals surface area contributed by atoms with Crippen molar-refractivity contribution in [3.05, 3.63) is 0 Å². The van der Waals surface area contributed by atoms with Crippen LogP contribution in [0.25, 0.3) is 0 Å². The Morgan fingerprint density at radius 2 is 1.76 bits per heavy atom. The first-order chi connectivity index (χ1) is 15.9. The summed E-state index contributed by atoms with van der Waals surface area (Å²) in [6.45, 7) is 7.87. The lowest BCUT2D eigenvalue weighted by Gasteiger charge is -2.30. The van der Waals surface area contributed by atoms with Crippen molar-refractivity contribution in [2.24, 2.45) is 34.0 Å². The Hall–Kier alpha value is -2.89. The molecular weight excluding hydrogens is 442 g/mol. The van der Waals surface area contributed by atoms with Crippen LogP contribution in [-0.4, -0.2) is 76.9 Å². The molecule has 0 aromatic carbocycles. The summed E-state index contributed by atoms with van der Waals surface area (Å²) < 4.78 is 0. The summed E-state index contributed by atoms with van der Waals surface area (Å²) >= 11 is 0. The number of carboxylic acid groups (broad SMARTS) is 1. The minimum absolute atomic E-state index is 0.0659. The Morgan fingerprint density at radius 1 is 1.12 bits per heavy atom. The highest BCUT2D eigenvalue weighted by molar-refractivity contribution is 5.94. The van der Waals surface area contributed by atoms with Gasteiger partial charge in [-0.1, -0.05) is 34.1 Å². The molecule has 5 unspecified atom stereocenters. The van der Waals surface area contributed by atoms with Crippen molar-refractivity contribution < 1.29 is 24.3 Å². The molecule has 12 heteroatoms. The number of nitrogens with two attached hydrogens (primary N) is 3. The second kappa shape index (κ2) is 13.7. The summed E-state index contributed by atoms with van der Waals surface area (Å²) in [7, 11) is 0. The van der Waals surface area contributed by atoms with Gasteiger partial charge in [0.1, 0.15) is 18.1 Å². The molecule has 34 heavy (non-hydrogen) atoms. The first-order valence-corrected chi connectivity index (χ1v) is 11.9. The Balaban J connectivity index is 3.02. The molecule has 1 saturated heterocycles. The number of carbonyl (C=O) groups is 4. The predicted molar refractivity (Wildman–Crippen MR) is 128 cm³/mol. The molecule has 0 spiro atoms. The van der Waals surface area contributed by atoms with E-state index in [2.05, 4.69) is 15.6 Å². The Kier molecular flexibility index (Phi) is 11.8. The molecule has 1 aliphatic heterocycles. The molecule has 0 aromatic heterocycles. The minimum Gasteiger partial charge on any atom is -0.480 e. The number of carboxylic acids is 1. The number of nitrogens with one attached hydrogen (secondary N) is 2. The lowest BCUT2D eigenvalue weighted by molar-refractivity contribution is -0.149. The molecule has 194 valence electrons. The normalized spacial score (nSPS) is 19.1. The number of carbonyl (C=O) groups excluding carboxylic acids is 3. The van der Waals surface area contributed by atoms with E-state index in [1.165, 1.54) is 4.90 Å². The maximum absolute atomic E-state index is 13.2. The Bertz CT molecular complexity index is 754. The zero-order chi connectivity index (χ0) is 26.0. The zero-order valence-electron chi connectivity index (χ0n) is 20.6. The average Bonchev–Trinajstić information content (AvgIpc) is 3.27. The third kappa shape index (κ3) is 8.47. The molecular formula is C22H41N7O5. The van der Waals surface area contributed by atoms with Gasteiger partial charge < -0.3 is 37.8 Å². The molecule has 1 heterocycles. The third-order valence-electron chi connectivity index (χ3n) is 6.19. The number of aliphatic carboxylic acids is 1. The summed E-state index contributed by atoms with van der Waals surface area (Å²) in [5.41, 5.74) is 16.7. The molecule has 0 saturated carbocycles. The molecule has 9 N–H and O–H groups in total. The van der Waals surface area contributed by atoms with Crippen LogP contribution in [0.2, 0.25) is 0 Å². The summed E-state index contributed by atoms with van der Waals surface area (Å²) in [5, 5.41) is 14.9. The van der Waals surface area contributed by atoms with E-state index in [4.69, 9.17) is 17.2 Å². The molecule has 0 aliphatic carbocycles. The lowest BCUT2D eigenvalue weighted by atomic mass is 9.97. The maximum Gasteiger partial charge on any atom is 0.326 e. The van der Waals surface area contributed by atoms with Crippen LogP contribution in [0.15, 0.2) is 4.99 Å². The largest absolute Gasteiger partial charge is 0.480 e. The van der Waals surface area contributed by atoms with Gasteiger partial charge in [-0.25, -0.2) is 4.79 Å². The summed E-state index contributed by atoms with van der Waals surface area (Å²) in [6.07, 6.45) is 2.22. The van der Waals surface area contributed by atoms with E-state index in [9.17, 15) is 24.3 Å². The van der Waals surface area contributed by atoms with Gasteiger partial charge in [0.2, 0.25) is 17.7 Å². The molecule has 12 nitrogen and oxygen atoms in total. The van der Waals surface area contributed by atoms with Crippen LogP contribution < -0.4 is 27.8 Å². The number of aliphatic imine (C=N–C) groups is 1. The lowest BCUT2D eigenvalue weighted by Crippen LogP contribution is -2.59. The highest BCUT2D eigenvalue weighted by Gasteiger charge is 2.38. The molecule has 1 rings (SSSR count). The van der Waals surface area contributed by atoms with E-state index in [0.717, 1.165) is 0 Å². The molecule has 1 aliphatic rings. The van der Waals surface area contributed by atoms with Crippen molar-refractivity contribution in [1.29, 1.82) is 0 Å². The summed E-state index contributed by atoms with van der Waals surface area (Å²) in [4.78, 5) is 55.7. The number of amides is 3. The van der Waals surface area contributed by atoms with Crippen LogP contribution in [0.1, 0.15) is 59.8 Å². The molecule has 0 aromatic rings. The van der Waals surface area contributed by atoms with E-state index in [1.807, 2.05) is 13.8 Å². The van der Waals surface area contributed by atoms with Gasteiger partial charge in [-0.2, -0.15) is 0 Å². The Morgan fingerprint density at radius 3 is 2.29 bits per heavy atom. The smallest absolute Gasteiger partial charge is 0.326 e. The van der Waals surface area contributed by atoms with Gasteiger partial charge in [0.25, 0.3) is 0 Å². The van der Waals surface area contributed by atoms with E-state index >= 15 is 0 Å². The summed E-state index contributed by atoms with van der Waals surface area (Å²) in [5.74, 6) is -2.96. The van der Waals surface area contributed by atoms with Crippen LogP contribution in [-0.2, 0) is 19.2 Å². The van der Waals surface area contributed by atoms with Gasteiger partial charge >= 0.3 is 5.97 Å². The number of guanidine groups is 1. The fraction of sp³-hybridized carbons (Fsp3) is 0.773. The molecule has 0 bridgehead atoms. The second-order valence-corrected chi connectivity index (χ2v) is 9.18. The second-order valence-electron chi connectivity index (χ2n) is 9.18. The van der Waals surface area contributed by atoms with Crippen molar-refractivity contribution in [1.82, 2.24) is 15.5 Å². The van der Waals surface area contributed by atoms with Crippen molar-refractivity contribution in [3.63, 3.8) is 0 Å². The van der Waals surface area contributed by atoms with Crippen molar-refractivity contribution in [3.8, 4) is 0 Å². The molecule has 3 amide bonds. The highest BCUT2D eigenvalue weighted by atomic mass is 16.4. The van der Waals surface area contributed by atoms with E-state index in [0.29, 0.717) is 32.2 Å². The highest BCUT2D eigenvalue weighted by Crippen LogP contribution is 2.20. The van der Waals surface area contributed by atoms with E-state index in [1.54, 1.807) is 13.8 Å².